The van der Waals surface area contributed by atoms with Crippen molar-refractivity contribution in [3.05, 3.63) is 152 Å². The summed E-state index contributed by atoms with van der Waals surface area (Å²) in [5, 5.41) is 13.5. The molecule has 0 bridgehead atoms. The summed E-state index contributed by atoms with van der Waals surface area (Å²) in [6.45, 7) is 33.8. The van der Waals surface area contributed by atoms with Crippen LogP contribution in [0.5, 0.6) is 0 Å². The van der Waals surface area contributed by atoms with Crippen molar-refractivity contribution in [1.82, 2.24) is 15.1 Å². The first-order chi connectivity index (χ1) is 28.7. The summed E-state index contributed by atoms with van der Waals surface area (Å²) in [5.41, 5.74) is 25.4. The van der Waals surface area contributed by atoms with E-state index in [1.807, 2.05) is 70.3 Å². The number of carboxylic acids is 1. The summed E-state index contributed by atoms with van der Waals surface area (Å²) in [4.78, 5) is 39.3. The monoisotopic (exact) mass is 877 g/mol. The number of carbonyl (C=O) groups is 2. The second-order valence-corrected chi connectivity index (χ2v) is 20.7. The van der Waals surface area contributed by atoms with Crippen molar-refractivity contribution in [3.63, 3.8) is 0 Å². The molecule has 0 saturated heterocycles. The van der Waals surface area contributed by atoms with Crippen LogP contribution in [0.25, 0.3) is 11.0 Å². The molecule has 6 aromatic rings. The molecule has 8 N–H and O–H groups in total. The fraction of sp³-hybridized carbons (Fsp3) is 0.415. The number of aromatic amines is 1. The zero-order chi connectivity index (χ0) is 48.3. The van der Waals surface area contributed by atoms with E-state index in [0.29, 0.717) is 17.1 Å². The molecule has 0 spiro atoms. The normalized spacial score (nSPS) is 11.4. The average Bonchev–Trinajstić information content (AvgIpc) is 3.54. The Hall–Kier alpha value is -6.23. The number of rotatable bonds is 2. The average molecular weight is 877 g/mol. The maximum absolute atomic E-state index is 10.9. The highest BCUT2D eigenvalue weighted by Gasteiger charge is 2.19. The third kappa shape index (κ3) is 17.9. The second-order valence-electron chi connectivity index (χ2n) is 20.7. The summed E-state index contributed by atoms with van der Waals surface area (Å²) in [6, 6.07) is 26.4. The first kappa shape index (κ1) is 55.8. The molecule has 0 saturated carbocycles. The van der Waals surface area contributed by atoms with Gasteiger partial charge in [-0.25, -0.2) is 4.79 Å². The van der Waals surface area contributed by atoms with Crippen LogP contribution in [0.15, 0.2) is 107 Å². The predicted molar refractivity (Wildman–Crippen MR) is 267 cm³/mol. The van der Waals surface area contributed by atoms with Crippen LogP contribution in [-0.2, 0) is 27.1 Å². The van der Waals surface area contributed by atoms with E-state index in [2.05, 4.69) is 116 Å². The number of aromatic nitrogens is 3. The number of fused-ring (bicyclic) bond motifs is 1. The maximum Gasteiger partial charge on any atom is 0.337 e. The van der Waals surface area contributed by atoms with Crippen molar-refractivity contribution in [2.24, 2.45) is 5.73 Å². The number of nitrogens with zero attached hydrogens (tertiary/aromatic N) is 2. The van der Waals surface area contributed by atoms with Gasteiger partial charge in [0, 0.05) is 35.4 Å². The highest BCUT2D eigenvalue weighted by atomic mass is 16.5. The summed E-state index contributed by atoms with van der Waals surface area (Å²) in [5.74, 6) is -0.894. The lowest BCUT2D eigenvalue weighted by molar-refractivity contribution is 0.0697. The van der Waals surface area contributed by atoms with Gasteiger partial charge in [0.05, 0.1) is 10.9 Å². The maximum atomic E-state index is 10.9. The van der Waals surface area contributed by atoms with E-state index in [4.69, 9.17) is 26.8 Å². The molecular formula is C53H76N6O5. The van der Waals surface area contributed by atoms with Gasteiger partial charge >= 0.3 is 5.97 Å². The van der Waals surface area contributed by atoms with Gasteiger partial charge in [-0.05, 0) is 110 Å². The molecule has 3 aromatic carbocycles. The number of primary amides is 1. The Kier molecular flexibility index (Phi) is 19.5. The third-order valence-corrected chi connectivity index (χ3v) is 9.97. The standard InChI is InChI=1S/C11H14N2O.C11H15NO2.C11H15NO.C10H15N.C9H13NO.CH4/c1-11(2,3)7-4-5-8-9(6-7)14-13-10(8)12;1-11(2,3)7-4-5-9(12)8(6-7)10(13)14;1-11(2,3)9-6-4-8(5-7-9)10(12)13;1-8-5-6-9(7-11-8)10(2,3)4;1-9(2,3)7-4-5-10-8(11)6-7;/h4-6H,1-3H3,(H2,12,13);4-6H,12H2,1-3H3,(H,13,14);4-7H,1-3H3,(H2,12,13);5-7H,1-4H3;4-6H,1-3H3,(H,10,11);1H4. The lowest BCUT2D eigenvalue weighted by Crippen LogP contribution is -2.15. The van der Waals surface area contributed by atoms with Crippen molar-refractivity contribution in [1.29, 1.82) is 0 Å². The van der Waals surface area contributed by atoms with Gasteiger partial charge in [0.1, 0.15) is 0 Å². The minimum absolute atomic E-state index is 0. The number of pyridine rings is 2. The number of nitrogens with two attached hydrogens (primary N) is 3. The zero-order valence-corrected chi connectivity index (χ0v) is 40.4. The first-order valence-corrected chi connectivity index (χ1v) is 21.0. The van der Waals surface area contributed by atoms with Crippen molar-refractivity contribution in [2.75, 3.05) is 11.5 Å². The third-order valence-electron chi connectivity index (χ3n) is 9.97. The quantitative estimate of drug-likeness (QED) is 0.105. The molecule has 11 heteroatoms. The molecule has 3 aromatic heterocycles. The number of H-pyrrole nitrogens is 1. The number of carbonyl (C=O) groups excluding carboxylic acids is 1. The molecule has 0 aliphatic rings. The SMILES string of the molecule is C.CC(C)(C)c1cc[nH]c(=O)c1.CC(C)(C)c1ccc(C(N)=O)cc1.CC(C)(C)c1ccc(N)c(C(=O)O)c1.CC(C)(C)c1ccc2c(N)noc2c1.Cc1ccc(C(C)(C)C)cn1. The van der Waals surface area contributed by atoms with Gasteiger partial charge in [-0.3, -0.25) is 14.6 Å². The van der Waals surface area contributed by atoms with Crippen LogP contribution >= 0.6 is 0 Å². The van der Waals surface area contributed by atoms with Crippen molar-refractivity contribution in [2.45, 2.75) is 145 Å². The molecule has 3 heterocycles. The Bertz CT molecular complexity index is 2460. The van der Waals surface area contributed by atoms with Gasteiger partial charge in [0.25, 0.3) is 0 Å². The van der Waals surface area contributed by atoms with E-state index in [1.54, 1.807) is 36.5 Å². The van der Waals surface area contributed by atoms with Gasteiger partial charge in [-0.1, -0.05) is 147 Å². The highest BCUT2D eigenvalue weighted by Crippen LogP contribution is 2.29. The number of carboxylic acid groups (broad SMARTS) is 1. The lowest BCUT2D eigenvalue weighted by atomic mass is 9.86. The number of nitrogen functional groups attached to an aromatic ring is 2. The predicted octanol–water partition coefficient (Wildman–Crippen LogP) is 12.1. The second kappa shape index (κ2) is 22.4. The van der Waals surface area contributed by atoms with Crippen LogP contribution in [0.1, 0.15) is 166 Å². The highest BCUT2D eigenvalue weighted by molar-refractivity contribution is 5.94. The Balaban J connectivity index is 0.000000400. The topological polar surface area (TPSA) is 204 Å². The van der Waals surface area contributed by atoms with Gasteiger partial charge in [0.2, 0.25) is 11.5 Å². The molecule has 6 rings (SSSR count). The largest absolute Gasteiger partial charge is 0.478 e. The molecule has 11 nitrogen and oxygen atoms in total. The molecular weight excluding hydrogens is 801 g/mol. The Morgan fingerprint density at radius 1 is 0.609 bits per heavy atom. The zero-order valence-electron chi connectivity index (χ0n) is 40.4. The van der Waals surface area contributed by atoms with Crippen molar-refractivity contribution < 1.29 is 19.2 Å². The van der Waals surface area contributed by atoms with Crippen molar-refractivity contribution in [3.8, 4) is 0 Å². The van der Waals surface area contributed by atoms with Crippen LogP contribution in [0.3, 0.4) is 0 Å². The minimum Gasteiger partial charge on any atom is -0.478 e. The van der Waals surface area contributed by atoms with E-state index >= 15 is 0 Å². The van der Waals surface area contributed by atoms with Crippen LogP contribution in [-0.4, -0.2) is 32.1 Å². The van der Waals surface area contributed by atoms with E-state index in [-0.39, 0.29) is 51.5 Å². The minimum atomic E-state index is -0.978. The Morgan fingerprint density at radius 2 is 1.06 bits per heavy atom. The van der Waals surface area contributed by atoms with Crippen LogP contribution < -0.4 is 22.8 Å². The number of anilines is 2. The smallest absolute Gasteiger partial charge is 0.337 e. The first-order valence-electron chi connectivity index (χ1n) is 21.0. The van der Waals surface area contributed by atoms with Gasteiger partial charge < -0.3 is 31.8 Å². The van der Waals surface area contributed by atoms with Crippen molar-refractivity contribution >= 4 is 34.4 Å². The number of aromatic carboxylic acids is 1. The summed E-state index contributed by atoms with van der Waals surface area (Å²) in [6.07, 6.45) is 3.64. The summed E-state index contributed by atoms with van der Waals surface area (Å²) >= 11 is 0. The molecule has 348 valence electrons. The number of amides is 1. The van der Waals surface area contributed by atoms with E-state index in [0.717, 1.165) is 27.8 Å². The molecule has 1 amide bonds. The molecule has 0 aliphatic carbocycles. The fourth-order valence-corrected chi connectivity index (χ4v) is 5.59. The summed E-state index contributed by atoms with van der Waals surface area (Å²) in [7, 11) is 0. The molecule has 0 unspecified atom stereocenters. The number of benzene rings is 3. The molecule has 64 heavy (non-hydrogen) atoms. The van der Waals surface area contributed by atoms with Gasteiger partial charge in [-0.15, -0.1) is 0 Å². The summed E-state index contributed by atoms with van der Waals surface area (Å²) < 4.78 is 5.11. The molecule has 0 atom stereocenters. The number of hydrogen-bond acceptors (Lipinski definition) is 8. The van der Waals surface area contributed by atoms with E-state index in [9.17, 15) is 14.4 Å². The van der Waals surface area contributed by atoms with Gasteiger partial charge in [-0.2, -0.15) is 0 Å². The number of hydrogen-bond donors (Lipinski definition) is 5. The van der Waals surface area contributed by atoms with E-state index in [1.165, 1.54) is 16.7 Å². The van der Waals surface area contributed by atoms with Crippen LogP contribution in [0.2, 0.25) is 0 Å². The van der Waals surface area contributed by atoms with E-state index < -0.39 is 5.97 Å². The van der Waals surface area contributed by atoms with Crippen LogP contribution in [0, 0.1) is 6.92 Å². The number of nitrogens with one attached hydrogen (secondary N) is 1. The van der Waals surface area contributed by atoms with Crippen LogP contribution in [0.4, 0.5) is 11.5 Å². The molecule has 0 radical (unpaired) electrons. The molecule has 0 aliphatic heterocycles. The Morgan fingerprint density at radius 3 is 1.48 bits per heavy atom. The Labute approximate surface area is 382 Å². The fourth-order valence-electron chi connectivity index (χ4n) is 5.59. The molecule has 0 fully saturated rings. The number of aryl methyl sites for hydroxylation is 1. The lowest BCUT2D eigenvalue weighted by Gasteiger charge is -2.19. The van der Waals surface area contributed by atoms with Gasteiger partial charge in [0.15, 0.2) is 11.4 Å².